The highest BCUT2D eigenvalue weighted by molar-refractivity contribution is 7.80. The topological polar surface area (TPSA) is 79.6 Å². The van der Waals surface area contributed by atoms with E-state index in [1.807, 2.05) is 93.6 Å². The van der Waals surface area contributed by atoms with E-state index < -0.39 is 5.97 Å². The first-order valence-corrected chi connectivity index (χ1v) is 14.5. The molecule has 1 aliphatic rings. The lowest BCUT2D eigenvalue weighted by atomic mass is 9.96. The molecule has 0 amide bonds. The van der Waals surface area contributed by atoms with Gasteiger partial charge in [-0.05, 0) is 117 Å². The second kappa shape index (κ2) is 11.4. The Balaban J connectivity index is 1.44. The normalized spacial score (nSPS) is 16.3. The Morgan fingerprint density at radius 3 is 2.35 bits per heavy atom. The van der Waals surface area contributed by atoms with Crippen LogP contribution in [-0.2, 0) is 0 Å². The largest absolute Gasteiger partial charge is 0.478 e. The summed E-state index contributed by atoms with van der Waals surface area (Å²) < 4.78 is 8.29. The minimum atomic E-state index is -0.953. The van der Waals surface area contributed by atoms with E-state index in [2.05, 4.69) is 32.8 Å². The molecule has 43 heavy (non-hydrogen) atoms. The number of carboxylic acid groups (broad SMARTS) is 1. The first-order valence-electron chi connectivity index (χ1n) is 14.1. The number of nitrogens with zero attached hydrogens (tertiary/aromatic N) is 3. The number of ether oxygens (including phenoxy) is 1. The molecule has 0 unspecified atom stereocenters. The third-order valence-corrected chi connectivity index (χ3v) is 8.33. The van der Waals surface area contributed by atoms with E-state index in [9.17, 15) is 9.90 Å². The number of aromatic carboxylic acids is 1. The SMILES string of the molecule is Cc1ccccc1Oc1ccc(N2C(=S)N[C@@H](c3ccccn3)[C@@H]2c2cc(C)n(-c3cc(C(=O)O)ccc3C)c2C)cc1. The fraction of sp³-hybridized carbons (Fsp3) is 0.171. The third-order valence-electron chi connectivity index (χ3n) is 8.02. The maximum atomic E-state index is 11.8. The van der Waals surface area contributed by atoms with Crippen LogP contribution >= 0.6 is 12.2 Å². The molecule has 1 aliphatic heterocycles. The van der Waals surface area contributed by atoms with E-state index in [0.29, 0.717) is 5.11 Å². The van der Waals surface area contributed by atoms with Gasteiger partial charge >= 0.3 is 5.97 Å². The standard InChI is InChI=1S/C35H32N4O3S/c1-21-12-13-25(34(40)41)20-30(21)38-23(3)19-28(24(38)4)33-32(29-10-7-8-18-36-29)37-35(43)39(33)26-14-16-27(17-15-26)42-31-11-6-5-9-22(31)2/h5-20,32-33H,1-4H3,(H,37,43)(H,40,41)/t32-,33-/m0/s1. The highest BCUT2D eigenvalue weighted by Crippen LogP contribution is 2.44. The molecule has 6 rings (SSSR count). The van der Waals surface area contributed by atoms with Crippen molar-refractivity contribution in [3.05, 3.63) is 137 Å². The molecule has 216 valence electrons. The van der Waals surface area contributed by atoms with Crippen LogP contribution in [-0.4, -0.2) is 25.7 Å². The number of hydrogen-bond acceptors (Lipinski definition) is 4. The summed E-state index contributed by atoms with van der Waals surface area (Å²) in [6.07, 6.45) is 1.79. The predicted molar refractivity (Wildman–Crippen MR) is 173 cm³/mol. The van der Waals surface area contributed by atoms with Crippen molar-refractivity contribution < 1.29 is 14.6 Å². The number of pyridine rings is 1. The Morgan fingerprint density at radius 2 is 1.65 bits per heavy atom. The Morgan fingerprint density at radius 1 is 0.907 bits per heavy atom. The van der Waals surface area contributed by atoms with E-state index in [1.165, 1.54) is 0 Å². The van der Waals surface area contributed by atoms with Crippen molar-refractivity contribution in [2.75, 3.05) is 4.90 Å². The van der Waals surface area contributed by atoms with Gasteiger partial charge in [0.15, 0.2) is 5.11 Å². The van der Waals surface area contributed by atoms with E-state index in [4.69, 9.17) is 17.0 Å². The second-order valence-corrected chi connectivity index (χ2v) is 11.2. The van der Waals surface area contributed by atoms with Gasteiger partial charge in [-0.2, -0.15) is 0 Å². The van der Waals surface area contributed by atoms with Crippen LogP contribution in [0.5, 0.6) is 11.5 Å². The maximum absolute atomic E-state index is 11.8. The van der Waals surface area contributed by atoms with E-state index in [0.717, 1.165) is 56.6 Å². The third kappa shape index (κ3) is 5.26. The summed E-state index contributed by atoms with van der Waals surface area (Å²) in [6.45, 7) is 8.14. The predicted octanol–water partition coefficient (Wildman–Crippen LogP) is 7.77. The van der Waals surface area contributed by atoms with Gasteiger partial charge in [-0.3, -0.25) is 4.98 Å². The average molecular weight is 589 g/mol. The molecule has 1 fully saturated rings. The van der Waals surface area contributed by atoms with Gasteiger partial charge in [0.25, 0.3) is 0 Å². The molecule has 0 saturated carbocycles. The monoisotopic (exact) mass is 588 g/mol. The van der Waals surface area contributed by atoms with Crippen LogP contribution in [0.15, 0.2) is 97.2 Å². The van der Waals surface area contributed by atoms with Crippen LogP contribution < -0.4 is 15.0 Å². The van der Waals surface area contributed by atoms with Crippen LogP contribution in [0.2, 0.25) is 0 Å². The van der Waals surface area contributed by atoms with Gasteiger partial charge in [-0.15, -0.1) is 0 Å². The smallest absolute Gasteiger partial charge is 0.335 e. The maximum Gasteiger partial charge on any atom is 0.335 e. The number of thiocarbonyl (C=S) groups is 1. The van der Waals surface area contributed by atoms with Crippen LogP contribution in [0.25, 0.3) is 5.69 Å². The highest BCUT2D eigenvalue weighted by atomic mass is 32.1. The molecule has 1 saturated heterocycles. The summed E-state index contributed by atoms with van der Waals surface area (Å²) in [5, 5.41) is 13.8. The fourth-order valence-electron chi connectivity index (χ4n) is 5.86. The van der Waals surface area contributed by atoms with Gasteiger partial charge in [0.05, 0.1) is 23.3 Å². The van der Waals surface area contributed by atoms with Crippen molar-refractivity contribution in [3.63, 3.8) is 0 Å². The van der Waals surface area contributed by atoms with Crippen molar-refractivity contribution in [3.8, 4) is 17.2 Å². The number of aryl methyl sites for hydroxylation is 3. The van der Waals surface area contributed by atoms with Crippen molar-refractivity contribution in [2.45, 2.75) is 39.8 Å². The van der Waals surface area contributed by atoms with Crippen molar-refractivity contribution >= 4 is 29.0 Å². The molecule has 2 aromatic heterocycles. The molecule has 8 heteroatoms. The van der Waals surface area contributed by atoms with E-state index in [-0.39, 0.29) is 17.6 Å². The van der Waals surface area contributed by atoms with Crippen LogP contribution in [0.4, 0.5) is 5.69 Å². The Kier molecular flexibility index (Phi) is 7.46. The Labute approximate surface area is 256 Å². The number of benzene rings is 3. The number of nitrogens with one attached hydrogen (secondary N) is 1. The first kappa shape index (κ1) is 28.2. The minimum Gasteiger partial charge on any atom is -0.478 e. The summed E-state index contributed by atoms with van der Waals surface area (Å²) in [5.74, 6) is 0.600. The number of hydrogen-bond donors (Lipinski definition) is 2. The molecule has 7 nitrogen and oxygen atoms in total. The molecule has 5 aromatic rings. The molecule has 3 heterocycles. The molecular formula is C35H32N4O3S. The zero-order valence-electron chi connectivity index (χ0n) is 24.4. The van der Waals surface area contributed by atoms with Crippen LogP contribution in [0, 0.1) is 27.7 Å². The average Bonchev–Trinajstić information content (AvgIpc) is 3.50. The Bertz CT molecular complexity index is 1830. The number of carboxylic acids is 1. The summed E-state index contributed by atoms with van der Waals surface area (Å²) >= 11 is 5.96. The van der Waals surface area contributed by atoms with Gasteiger partial charge in [-0.25, -0.2) is 4.79 Å². The molecule has 0 radical (unpaired) electrons. The fourth-order valence-corrected chi connectivity index (χ4v) is 6.21. The van der Waals surface area contributed by atoms with E-state index in [1.54, 1.807) is 18.3 Å². The summed E-state index contributed by atoms with van der Waals surface area (Å²) in [6, 6.07) is 28.8. The molecule has 0 bridgehead atoms. The summed E-state index contributed by atoms with van der Waals surface area (Å²) in [7, 11) is 0. The summed E-state index contributed by atoms with van der Waals surface area (Å²) in [4.78, 5) is 18.6. The quantitative estimate of drug-likeness (QED) is 0.188. The zero-order valence-corrected chi connectivity index (χ0v) is 25.2. The first-order chi connectivity index (χ1) is 20.7. The van der Waals surface area contributed by atoms with Crippen molar-refractivity contribution in [1.82, 2.24) is 14.9 Å². The molecule has 0 aliphatic carbocycles. The lowest BCUT2D eigenvalue weighted by Crippen LogP contribution is -2.29. The van der Waals surface area contributed by atoms with Gasteiger partial charge in [-0.1, -0.05) is 30.3 Å². The number of anilines is 1. The van der Waals surface area contributed by atoms with Crippen LogP contribution in [0.3, 0.4) is 0 Å². The highest BCUT2D eigenvalue weighted by Gasteiger charge is 2.42. The number of carbonyl (C=O) groups is 1. The van der Waals surface area contributed by atoms with Gasteiger partial charge in [0.1, 0.15) is 11.5 Å². The van der Waals surface area contributed by atoms with Crippen molar-refractivity contribution in [1.29, 1.82) is 0 Å². The molecule has 2 atom stereocenters. The van der Waals surface area contributed by atoms with Gasteiger partial charge in [0.2, 0.25) is 0 Å². The number of para-hydroxylation sites is 1. The van der Waals surface area contributed by atoms with Crippen LogP contribution in [0.1, 0.15) is 56.2 Å². The van der Waals surface area contributed by atoms with E-state index >= 15 is 0 Å². The molecular weight excluding hydrogens is 556 g/mol. The second-order valence-electron chi connectivity index (χ2n) is 10.8. The Hall–Kier alpha value is -4.95. The van der Waals surface area contributed by atoms with Crippen molar-refractivity contribution in [2.24, 2.45) is 0 Å². The lowest BCUT2D eigenvalue weighted by molar-refractivity contribution is 0.0697. The minimum absolute atomic E-state index is 0.211. The molecule has 2 N–H and O–H groups in total. The number of rotatable bonds is 7. The molecule has 0 spiro atoms. The molecule has 3 aromatic carbocycles. The summed E-state index contributed by atoms with van der Waals surface area (Å²) in [5.41, 5.74) is 8.02. The zero-order chi connectivity index (χ0) is 30.2. The lowest BCUT2D eigenvalue weighted by Gasteiger charge is -2.28. The van der Waals surface area contributed by atoms with Gasteiger partial charge in [0, 0.05) is 29.0 Å². The number of aromatic nitrogens is 2. The van der Waals surface area contributed by atoms with Gasteiger partial charge < -0.3 is 24.6 Å².